The van der Waals surface area contributed by atoms with E-state index in [4.69, 9.17) is 0 Å². The highest BCUT2D eigenvalue weighted by molar-refractivity contribution is 5.80. The Labute approximate surface area is 122 Å². The molecule has 0 aromatic carbocycles. The summed E-state index contributed by atoms with van der Waals surface area (Å²) in [6.45, 7) is 8.03. The lowest BCUT2D eigenvalue weighted by molar-refractivity contribution is -0.134. The van der Waals surface area contributed by atoms with Crippen molar-refractivity contribution in [1.82, 2.24) is 14.7 Å². The van der Waals surface area contributed by atoms with Gasteiger partial charge in [-0.1, -0.05) is 26.7 Å². The van der Waals surface area contributed by atoms with Gasteiger partial charge in [-0.15, -0.1) is 0 Å². The van der Waals surface area contributed by atoms with Gasteiger partial charge in [0.05, 0.1) is 5.69 Å². The van der Waals surface area contributed by atoms with Crippen LogP contribution in [0.5, 0.6) is 0 Å². The maximum Gasteiger partial charge on any atom is 0.247 e. The molecule has 1 amide bonds. The summed E-state index contributed by atoms with van der Waals surface area (Å²) in [7, 11) is 0. The number of rotatable bonds is 4. The van der Waals surface area contributed by atoms with Gasteiger partial charge in [0.15, 0.2) is 0 Å². The smallest absolute Gasteiger partial charge is 0.247 e. The van der Waals surface area contributed by atoms with Crippen molar-refractivity contribution in [3.63, 3.8) is 0 Å². The monoisotopic (exact) mass is 277 g/mol. The fraction of sp³-hybridized carbons (Fsp3) is 0.750. The van der Waals surface area contributed by atoms with Gasteiger partial charge in [0.25, 0.3) is 0 Å². The standard InChI is InChI=1S/C16H27N3O/c1-4-14-12-15(5-2)19(17-14)13(3)16(20)18-10-8-6-7-9-11-18/h12-13H,4-11H2,1-3H3. The van der Waals surface area contributed by atoms with E-state index in [1.54, 1.807) is 0 Å². The first-order valence-corrected chi connectivity index (χ1v) is 8.03. The molecule has 1 saturated heterocycles. The van der Waals surface area contributed by atoms with Crippen LogP contribution in [0.3, 0.4) is 0 Å². The van der Waals surface area contributed by atoms with Crippen LogP contribution in [-0.4, -0.2) is 33.7 Å². The van der Waals surface area contributed by atoms with Gasteiger partial charge in [0.1, 0.15) is 6.04 Å². The SMILES string of the molecule is CCc1cc(CC)n(C(C)C(=O)N2CCCCCC2)n1. The van der Waals surface area contributed by atoms with Crippen molar-refractivity contribution in [3.8, 4) is 0 Å². The first-order valence-electron chi connectivity index (χ1n) is 8.03. The molecule has 0 bridgehead atoms. The zero-order valence-corrected chi connectivity index (χ0v) is 13.1. The third kappa shape index (κ3) is 3.22. The van der Waals surface area contributed by atoms with Crippen molar-refractivity contribution in [3.05, 3.63) is 17.5 Å². The Morgan fingerprint density at radius 1 is 1.20 bits per heavy atom. The number of aryl methyl sites for hydroxylation is 2. The molecular weight excluding hydrogens is 250 g/mol. The number of hydrogen-bond acceptors (Lipinski definition) is 2. The van der Waals surface area contributed by atoms with Gasteiger partial charge < -0.3 is 4.90 Å². The van der Waals surface area contributed by atoms with Crippen LogP contribution < -0.4 is 0 Å². The molecule has 1 fully saturated rings. The Kier molecular flexibility index (Phi) is 5.21. The van der Waals surface area contributed by atoms with E-state index in [9.17, 15) is 4.79 Å². The van der Waals surface area contributed by atoms with Crippen LogP contribution in [-0.2, 0) is 17.6 Å². The maximum atomic E-state index is 12.7. The van der Waals surface area contributed by atoms with E-state index in [1.807, 2.05) is 16.5 Å². The molecule has 20 heavy (non-hydrogen) atoms. The molecule has 0 N–H and O–H groups in total. The molecule has 4 heteroatoms. The lowest BCUT2D eigenvalue weighted by Gasteiger charge is -2.25. The Hall–Kier alpha value is -1.32. The zero-order chi connectivity index (χ0) is 14.5. The Morgan fingerprint density at radius 3 is 2.40 bits per heavy atom. The predicted octanol–water partition coefficient (Wildman–Crippen LogP) is 2.97. The van der Waals surface area contributed by atoms with Crippen molar-refractivity contribution in [2.75, 3.05) is 13.1 Å². The van der Waals surface area contributed by atoms with Crippen molar-refractivity contribution < 1.29 is 4.79 Å². The Morgan fingerprint density at radius 2 is 1.85 bits per heavy atom. The summed E-state index contributed by atoms with van der Waals surface area (Å²) >= 11 is 0. The van der Waals surface area contributed by atoms with E-state index in [0.717, 1.165) is 50.2 Å². The van der Waals surface area contributed by atoms with E-state index in [0.29, 0.717) is 0 Å². The molecule has 0 spiro atoms. The summed E-state index contributed by atoms with van der Waals surface area (Å²) in [6, 6.07) is 1.95. The lowest BCUT2D eigenvalue weighted by Crippen LogP contribution is -2.37. The number of likely N-dealkylation sites (tertiary alicyclic amines) is 1. The van der Waals surface area contributed by atoms with Crippen LogP contribution in [0.4, 0.5) is 0 Å². The second kappa shape index (κ2) is 6.91. The van der Waals surface area contributed by atoms with Gasteiger partial charge in [-0.05, 0) is 38.7 Å². The van der Waals surface area contributed by atoms with Gasteiger partial charge in [-0.25, -0.2) is 0 Å². The van der Waals surface area contributed by atoms with E-state index in [-0.39, 0.29) is 11.9 Å². The van der Waals surface area contributed by atoms with Crippen LogP contribution in [0.25, 0.3) is 0 Å². The van der Waals surface area contributed by atoms with Crippen molar-refractivity contribution in [1.29, 1.82) is 0 Å². The first kappa shape index (κ1) is 15.1. The van der Waals surface area contributed by atoms with Crippen LogP contribution in [0.1, 0.15) is 63.9 Å². The van der Waals surface area contributed by atoms with Gasteiger partial charge >= 0.3 is 0 Å². The molecule has 4 nitrogen and oxygen atoms in total. The summed E-state index contributed by atoms with van der Waals surface area (Å²) in [5, 5.41) is 4.61. The van der Waals surface area contributed by atoms with Gasteiger partial charge in [0, 0.05) is 18.8 Å². The minimum Gasteiger partial charge on any atom is -0.341 e. The van der Waals surface area contributed by atoms with Gasteiger partial charge in [0.2, 0.25) is 5.91 Å². The minimum absolute atomic E-state index is 0.177. The molecule has 0 radical (unpaired) electrons. The average molecular weight is 277 g/mol. The number of carbonyl (C=O) groups is 1. The fourth-order valence-corrected chi connectivity index (χ4v) is 2.92. The molecule has 1 aromatic heterocycles. The quantitative estimate of drug-likeness (QED) is 0.848. The summed E-state index contributed by atoms with van der Waals surface area (Å²) in [4.78, 5) is 14.7. The van der Waals surface area contributed by atoms with E-state index >= 15 is 0 Å². The van der Waals surface area contributed by atoms with Crippen LogP contribution in [0.2, 0.25) is 0 Å². The Balaban J connectivity index is 2.14. The third-order valence-electron chi connectivity index (χ3n) is 4.23. The van der Waals surface area contributed by atoms with E-state index in [2.05, 4.69) is 25.0 Å². The van der Waals surface area contributed by atoms with Crippen molar-refractivity contribution in [2.24, 2.45) is 0 Å². The normalized spacial score (nSPS) is 17.9. The predicted molar refractivity (Wildman–Crippen MR) is 80.7 cm³/mol. The second-order valence-electron chi connectivity index (χ2n) is 5.69. The summed E-state index contributed by atoms with van der Waals surface area (Å²) < 4.78 is 1.94. The number of nitrogens with zero attached hydrogens (tertiary/aromatic N) is 3. The van der Waals surface area contributed by atoms with E-state index < -0.39 is 0 Å². The van der Waals surface area contributed by atoms with Gasteiger partial charge in [-0.3, -0.25) is 9.48 Å². The lowest BCUT2D eigenvalue weighted by atomic mass is 10.2. The molecule has 1 aliphatic rings. The molecule has 1 aromatic rings. The maximum absolute atomic E-state index is 12.7. The molecule has 0 aliphatic carbocycles. The molecule has 1 atom stereocenters. The van der Waals surface area contributed by atoms with Crippen LogP contribution in [0.15, 0.2) is 6.07 Å². The summed E-state index contributed by atoms with van der Waals surface area (Å²) in [5.41, 5.74) is 2.25. The average Bonchev–Trinajstić information content (AvgIpc) is 2.70. The highest BCUT2D eigenvalue weighted by Gasteiger charge is 2.24. The third-order valence-corrected chi connectivity index (χ3v) is 4.23. The molecule has 0 saturated carbocycles. The zero-order valence-electron chi connectivity index (χ0n) is 13.1. The number of carbonyl (C=O) groups excluding carboxylic acids is 1. The van der Waals surface area contributed by atoms with Crippen LogP contribution in [0, 0.1) is 0 Å². The Bertz CT molecular complexity index is 445. The van der Waals surface area contributed by atoms with Crippen molar-refractivity contribution >= 4 is 5.91 Å². The minimum atomic E-state index is -0.177. The highest BCUT2D eigenvalue weighted by Crippen LogP contribution is 2.18. The first-order chi connectivity index (χ1) is 9.67. The molecule has 2 rings (SSSR count). The number of hydrogen-bond donors (Lipinski definition) is 0. The van der Waals surface area contributed by atoms with Crippen LogP contribution >= 0.6 is 0 Å². The number of amides is 1. The second-order valence-corrected chi connectivity index (χ2v) is 5.69. The molecular formula is C16H27N3O. The molecule has 112 valence electrons. The highest BCUT2D eigenvalue weighted by atomic mass is 16.2. The fourth-order valence-electron chi connectivity index (χ4n) is 2.92. The van der Waals surface area contributed by atoms with Gasteiger partial charge in [-0.2, -0.15) is 5.10 Å². The topological polar surface area (TPSA) is 38.1 Å². The van der Waals surface area contributed by atoms with E-state index in [1.165, 1.54) is 12.8 Å². The largest absolute Gasteiger partial charge is 0.341 e. The summed E-state index contributed by atoms with van der Waals surface area (Å²) in [6.07, 6.45) is 6.62. The number of aromatic nitrogens is 2. The molecule has 2 heterocycles. The van der Waals surface area contributed by atoms with Crippen molar-refractivity contribution in [2.45, 2.75) is 65.3 Å². The molecule has 1 unspecified atom stereocenters. The summed E-state index contributed by atoms with van der Waals surface area (Å²) in [5.74, 6) is 0.229. The molecule has 1 aliphatic heterocycles.